The van der Waals surface area contributed by atoms with Crippen LogP contribution in [0.15, 0.2) is 36.4 Å². The molecule has 2 aromatic heterocycles. The summed E-state index contributed by atoms with van der Waals surface area (Å²) in [6, 6.07) is 12.5. The topological polar surface area (TPSA) is 100 Å². The summed E-state index contributed by atoms with van der Waals surface area (Å²) < 4.78 is 0. The fourth-order valence-electron chi connectivity index (χ4n) is 1.96. The standard InChI is InChI=1S/C14H12N2.2C2H4O2.Pd/c1-9-3-5-11-7-8-12-6-4-10(2)16-14(12)13(11)15-9;2*1-2(3)4;/h3-8H,1-2H3;2*1H3,(H,3,4);. The number of benzene rings is 1. The number of aromatic nitrogens is 2. The number of pyridine rings is 2. The van der Waals surface area contributed by atoms with E-state index in [0.29, 0.717) is 0 Å². The monoisotopic (exact) mass is 434 g/mol. The number of nitrogens with zero attached hydrogens (tertiary/aromatic N) is 2. The van der Waals surface area contributed by atoms with E-state index < -0.39 is 11.9 Å². The second-order valence-electron chi connectivity index (χ2n) is 5.15. The Morgan fingerprint density at radius 2 is 0.960 bits per heavy atom. The van der Waals surface area contributed by atoms with E-state index in [1.807, 2.05) is 26.0 Å². The van der Waals surface area contributed by atoms with Gasteiger partial charge in [-0.15, -0.1) is 0 Å². The summed E-state index contributed by atoms with van der Waals surface area (Å²) in [7, 11) is 0. The molecular weight excluding hydrogens is 415 g/mol. The number of aliphatic carboxylic acids is 2. The molecule has 0 radical (unpaired) electrons. The molecule has 0 fully saturated rings. The number of rotatable bonds is 0. The van der Waals surface area contributed by atoms with E-state index >= 15 is 0 Å². The van der Waals surface area contributed by atoms with Crippen LogP contribution in [0, 0.1) is 13.8 Å². The molecule has 2 heterocycles. The molecule has 0 saturated heterocycles. The SMILES string of the molecule is CC(=O)O.CC(=O)O.Cc1ccc2ccc3ccc(C)nc3c2n1.[Pd]. The van der Waals surface area contributed by atoms with Gasteiger partial charge in [0.15, 0.2) is 0 Å². The maximum absolute atomic E-state index is 9.00. The Kier molecular flexibility index (Phi) is 9.51. The van der Waals surface area contributed by atoms with Gasteiger partial charge in [-0.2, -0.15) is 0 Å². The predicted molar refractivity (Wildman–Crippen MR) is 93.1 cm³/mol. The molecule has 0 aliphatic rings. The molecule has 6 nitrogen and oxygen atoms in total. The van der Waals surface area contributed by atoms with Crippen molar-refractivity contribution in [2.75, 3.05) is 0 Å². The van der Waals surface area contributed by atoms with Crippen molar-refractivity contribution in [2.45, 2.75) is 27.7 Å². The number of aryl methyl sites for hydroxylation is 2. The van der Waals surface area contributed by atoms with Crippen molar-refractivity contribution in [1.29, 1.82) is 0 Å². The van der Waals surface area contributed by atoms with Crippen LogP contribution < -0.4 is 0 Å². The third kappa shape index (κ3) is 7.84. The second kappa shape index (κ2) is 10.5. The largest absolute Gasteiger partial charge is 0.481 e. The molecule has 3 aromatic rings. The van der Waals surface area contributed by atoms with Gasteiger partial charge < -0.3 is 10.2 Å². The van der Waals surface area contributed by atoms with E-state index in [0.717, 1.165) is 47.0 Å². The van der Waals surface area contributed by atoms with Crippen LogP contribution in [0.25, 0.3) is 21.8 Å². The van der Waals surface area contributed by atoms with Gasteiger partial charge >= 0.3 is 0 Å². The molecule has 0 aliphatic carbocycles. The minimum atomic E-state index is -0.833. The summed E-state index contributed by atoms with van der Waals surface area (Å²) in [4.78, 5) is 27.2. The molecule has 2 N–H and O–H groups in total. The molecule has 0 atom stereocenters. The number of fused-ring (bicyclic) bond motifs is 3. The Morgan fingerprint density at radius 3 is 1.24 bits per heavy atom. The minimum absolute atomic E-state index is 0. The Hall–Kier alpha value is -2.36. The van der Waals surface area contributed by atoms with Crippen LogP contribution in [0.4, 0.5) is 0 Å². The van der Waals surface area contributed by atoms with Crippen molar-refractivity contribution in [3.8, 4) is 0 Å². The summed E-state index contributed by atoms with van der Waals surface area (Å²) in [6.07, 6.45) is 0. The average Bonchev–Trinajstić information content (AvgIpc) is 2.46. The molecule has 1 aromatic carbocycles. The Labute approximate surface area is 159 Å². The summed E-state index contributed by atoms with van der Waals surface area (Å²) in [5, 5.41) is 17.1. The molecule has 7 heteroatoms. The van der Waals surface area contributed by atoms with Gasteiger partial charge in [0.1, 0.15) is 0 Å². The fourth-order valence-corrected chi connectivity index (χ4v) is 1.96. The number of carboxylic acid groups (broad SMARTS) is 2. The predicted octanol–water partition coefficient (Wildman–Crippen LogP) is 3.58. The van der Waals surface area contributed by atoms with Crippen LogP contribution in [-0.2, 0) is 30.0 Å². The van der Waals surface area contributed by atoms with Crippen molar-refractivity contribution in [2.24, 2.45) is 0 Å². The number of carboxylic acids is 2. The first-order valence-electron chi connectivity index (χ1n) is 7.23. The van der Waals surface area contributed by atoms with Crippen molar-refractivity contribution < 1.29 is 40.2 Å². The molecular formula is C18H20N2O4Pd. The van der Waals surface area contributed by atoms with Gasteiger partial charge in [0.2, 0.25) is 0 Å². The third-order valence-electron chi connectivity index (χ3n) is 2.80. The Balaban J connectivity index is 0.000000549. The summed E-state index contributed by atoms with van der Waals surface area (Å²) in [5.74, 6) is -1.67. The fraction of sp³-hybridized carbons (Fsp3) is 0.222. The zero-order valence-corrected chi connectivity index (χ0v) is 15.9. The van der Waals surface area contributed by atoms with E-state index in [1.54, 1.807) is 0 Å². The first-order chi connectivity index (χ1) is 11.2. The zero-order chi connectivity index (χ0) is 18.3. The van der Waals surface area contributed by atoms with E-state index in [1.165, 1.54) is 0 Å². The molecule has 0 bridgehead atoms. The van der Waals surface area contributed by atoms with E-state index in [-0.39, 0.29) is 20.4 Å². The first kappa shape index (κ1) is 22.6. The van der Waals surface area contributed by atoms with E-state index in [4.69, 9.17) is 19.8 Å². The molecule has 25 heavy (non-hydrogen) atoms. The zero-order valence-electron chi connectivity index (χ0n) is 14.4. The van der Waals surface area contributed by atoms with Crippen LogP contribution in [0.5, 0.6) is 0 Å². The van der Waals surface area contributed by atoms with Gasteiger partial charge in [-0.1, -0.05) is 24.3 Å². The third-order valence-corrected chi connectivity index (χ3v) is 2.80. The van der Waals surface area contributed by atoms with Crippen LogP contribution in [0.1, 0.15) is 25.2 Å². The van der Waals surface area contributed by atoms with Crippen molar-refractivity contribution in [1.82, 2.24) is 9.97 Å². The van der Waals surface area contributed by atoms with Gasteiger partial charge in [0.05, 0.1) is 11.0 Å². The molecule has 3 rings (SSSR count). The molecule has 136 valence electrons. The van der Waals surface area contributed by atoms with Crippen molar-refractivity contribution in [3.63, 3.8) is 0 Å². The number of hydrogen-bond donors (Lipinski definition) is 2. The first-order valence-corrected chi connectivity index (χ1v) is 7.23. The van der Waals surface area contributed by atoms with E-state index in [2.05, 4.69) is 34.2 Å². The maximum Gasteiger partial charge on any atom is 0.300 e. The summed E-state index contributed by atoms with van der Waals surface area (Å²) in [6.45, 7) is 6.18. The molecule has 0 amide bonds. The average molecular weight is 435 g/mol. The Morgan fingerprint density at radius 1 is 0.720 bits per heavy atom. The quantitative estimate of drug-likeness (QED) is 0.414. The van der Waals surface area contributed by atoms with Gasteiger partial charge in [-0.05, 0) is 26.0 Å². The van der Waals surface area contributed by atoms with Crippen LogP contribution in [0.3, 0.4) is 0 Å². The van der Waals surface area contributed by atoms with Crippen LogP contribution >= 0.6 is 0 Å². The molecule has 0 saturated carbocycles. The second-order valence-corrected chi connectivity index (χ2v) is 5.15. The van der Waals surface area contributed by atoms with Crippen molar-refractivity contribution >= 4 is 33.7 Å². The molecule has 0 spiro atoms. The summed E-state index contributed by atoms with van der Waals surface area (Å²) in [5.41, 5.74) is 4.06. The smallest absolute Gasteiger partial charge is 0.300 e. The number of carbonyl (C=O) groups is 2. The van der Waals surface area contributed by atoms with E-state index in [9.17, 15) is 0 Å². The van der Waals surface area contributed by atoms with Crippen molar-refractivity contribution in [3.05, 3.63) is 47.8 Å². The van der Waals surface area contributed by atoms with Gasteiger partial charge in [0.25, 0.3) is 11.9 Å². The van der Waals surface area contributed by atoms with Crippen LogP contribution in [0.2, 0.25) is 0 Å². The van der Waals surface area contributed by atoms with Crippen LogP contribution in [-0.4, -0.2) is 32.1 Å². The van der Waals surface area contributed by atoms with Gasteiger partial charge in [-0.25, -0.2) is 0 Å². The Bertz CT molecular complexity index is 801. The number of hydrogen-bond acceptors (Lipinski definition) is 4. The summed E-state index contributed by atoms with van der Waals surface area (Å²) >= 11 is 0. The minimum Gasteiger partial charge on any atom is -0.481 e. The van der Waals surface area contributed by atoms with Gasteiger partial charge in [-0.3, -0.25) is 19.6 Å². The normalized spacial score (nSPS) is 9.12. The molecule has 0 aliphatic heterocycles. The van der Waals surface area contributed by atoms with Gasteiger partial charge in [0, 0.05) is 56.4 Å². The molecule has 0 unspecified atom stereocenters. The maximum atomic E-state index is 9.00.